The minimum absolute atomic E-state index is 0.0283. The monoisotopic (exact) mass is 379 g/mol. The molecule has 0 N–H and O–H groups in total. The van der Waals surface area contributed by atoms with Crippen molar-refractivity contribution in [1.82, 2.24) is 0 Å². The first-order chi connectivity index (χ1) is 13.2. The van der Waals surface area contributed by atoms with Gasteiger partial charge >= 0.3 is 5.97 Å². The molecule has 148 valence electrons. The molecule has 3 rings (SSSR count). The Kier molecular flexibility index (Phi) is 5.59. The van der Waals surface area contributed by atoms with Crippen molar-refractivity contribution in [2.45, 2.75) is 52.9 Å². The van der Waals surface area contributed by atoms with Gasteiger partial charge in [0.1, 0.15) is 5.75 Å². The van der Waals surface area contributed by atoms with E-state index >= 15 is 0 Å². The number of amides is 1. The summed E-state index contributed by atoms with van der Waals surface area (Å²) in [6.07, 6.45) is 1.22. The molecule has 2 aromatic rings. The third-order valence-corrected chi connectivity index (χ3v) is 5.91. The molecule has 1 aliphatic heterocycles. The van der Waals surface area contributed by atoms with Gasteiger partial charge in [0.2, 0.25) is 5.91 Å². The van der Waals surface area contributed by atoms with Crippen LogP contribution in [0.4, 0.5) is 5.69 Å². The second-order valence-corrected chi connectivity index (χ2v) is 8.33. The van der Waals surface area contributed by atoms with E-state index in [-0.39, 0.29) is 23.7 Å². The number of esters is 1. The van der Waals surface area contributed by atoms with Crippen LogP contribution >= 0.6 is 0 Å². The molecular formula is C24H29NO3. The number of carbonyl (C=O) groups excluding carboxylic acids is 2. The van der Waals surface area contributed by atoms with Crippen LogP contribution in [-0.4, -0.2) is 18.4 Å². The SMILES string of the molecule is CCC(C)(C)c1ccc(OC(=O)[C@@H]2CC(=O)N(c3c(C)cccc3C)C2)cc1. The smallest absolute Gasteiger partial charge is 0.316 e. The molecule has 2 aromatic carbocycles. The van der Waals surface area contributed by atoms with E-state index in [1.807, 2.05) is 56.3 Å². The van der Waals surface area contributed by atoms with E-state index in [1.165, 1.54) is 5.56 Å². The van der Waals surface area contributed by atoms with E-state index in [0.717, 1.165) is 23.2 Å². The van der Waals surface area contributed by atoms with Crippen LogP contribution in [0.15, 0.2) is 42.5 Å². The first-order valence-corrected chi connectivity index (χ1v) is 9.91. The number of carbonyl (C=O) groups is 2. The first-order valence-electron chi connectivity index (χ1n) is 9.91. The van der Waals surface area contributed by atoms with Gasteiger partial charge in [-0.15, -0.1) is 0 Å². The number of aryl methyl sites for hydroxylation is 2. The van der Waals surface area contributed by atoms with E-state index in [2.05, 4.69) is 20.8 Å². The van der Waals surface area contributed by atoms with Crippen molar-refractivity contribution in [3.05, 3.63) is 59.2 Å². The van der Waals surface area contributed by atoms with Crippen molar-refractivity contribution in [3.8, 4) is 5.75 Å². The Morgan fingerprint density at radius 3 is 2.29 bits per heavy atom. The van der Waals surface area contributed by atoms with Crippen LogP contribution < -0.4 is 9.64 Å². The van der Waals surface area contributed by atoms with Crippen molar-refractivity contribution in [2.75, 3.05) is 11.4 Å². The molecule has 0 radical (unpaired) electrons. The molecule has 1 fully saturated rings. The molecule has 4 nitrogen and oxygen atoms in total. The highest BCUT2D eigenvalue weighted by molar-refractivity contribution is 6.00. The van der Waals surface area contributed by atoms with E-state index in [0.29, 0.717) is 12.3 Å². The molecule has 1 amide bonds. The van der Waals surface area contributed by atoms with Crippen molar-refractivity contribution >= 4 is 17.6 Å². The number of rotatable bonds is 5. The summed E-state index contributed by atoms with van der Waals surface area (Å²) >= 11 is 0. The summed E-state index contributed by atoms with van der Waals surface area (Å²) in [6.45, 7) is 10.9. The maximum atomic E-state index is 12.6. The van der Waals surface area contributed by atoms with Gasteiger partial charge in [0.05, 0.1) is 5.92 Å². The van der Waals surface area contributed by atoms with Crippen molar-refractivity contribution in [3.63, 3.8) is 0 Å². The zero-order chi connectivity index (χ0) is 20.5. The first kappa shape index (κ1) is 20.1. The summed E-state index contributed by atoms with van der Waals surface area (Å²) < 4.78 is 5.57. The summed E-state index contributed by atoms with van der Waals surface area (Å²) in [7, 11) is 0. The molecule has 1 saturated heterocycles. The van der Waals surface area contributed by atoms with Gasteiger partial charge < -0.3 is 9.64 Å². The Bertz CT molecular complexity index is 863. The fourth-order valence-electron chi connectivity index (χ4n) is 3.69. The summed E-state index contributed by atoms with van der Waals surface area (Å²) in [4.78, 5) is 26.9. The topological polar surface area (TPSA) is 46.6 Å². The minimum Gasteiger partial charge on any atom is -0.426 e. The Morgan fingerprint density at radius 1 is 1.11 bits per heavy atom. The molecule has 0 bridgehead atoms. The van der Waals surface area contributed by atoms with E-state index in [1.54, 1.807) is 4.90 Å². The molecule has 1 atom stereocenters. The fraction of sp³-hybridized carbons (Fsp3) is 0.417. The van der Waals surface area contributed by atoms with Gasteiger partial charge in [-0.05, 0) is 54.5 Å². The average Bonchev–Trinajstić information content (AvgIpc) is 3.04. The molecular weight excluding hydrogens is 350 g/mol. The highest BCUT2D eigenvalue weighted by Gasteiger charge is 2.37. The Morgan fingerprint density at radius 2 is 1.71 bits per heavy atom. The van der Waals surface area contributed by atoms with Crippen molar-refractivity contribution < 1.29 is 14.3 Å². The van der Waals surface area contributed by atoms with Crippen molar-refractivity contribution in [2.24, 2.45) is 5.92 Å². The Balaban J connectivity index is 1.70. The number of hydrogen-bond acceptors (Lipinski definition) is 3. The molecule has 0 aliphatic carbocycles. The molecule has 1 heterocycles. The molecule has 1 aliphatic rings. The van der Waals surface area contributed by atoms with Gasteiger partial charge in [0.25, 0.3) is 0 Å². The van der Waals surface area contributed by atoms with Crippen LogP contribution in [0.5, 0.6) is 5.75 Å². The minimum atomic E-state index is -0.446. The Labute approximate surface area is 167 Å². The van der Waals surface area contributed by atoms with Gasteiger partial charge in [0.15, 0.2) is 0 Å². The van der Waals surface area contributed by atoms with Crippen LogP contribution in [-0.2, 0) is 15.0 Å². The molecule has 4 heteroatoms. The maximum absolute atomic E-state index is 12.6. The lowest BCUT2D eigenvalue weighted by molar-refractivity contribution is -0.139. The van der Waals surface area contributed by atoms with Gasteiger partial charge in [-0.25, -0.2) is 0 Å². The number of ether oxygens (including phenoxy) is 1. The zero-order valence-electron chi connectivity index (χ0n) is 17.4. The van der Waals surface area contributed by atoms with E-state index < -0.39 is 5.92 Å². The van der Waals surface area contributed by atoms with Crippen molar-refractivity contribution in [1.29, 1.82) is 0 Å². The summed E-state index contributed by atoms with van der Waals surface area (Å²) in [5.74, 6) is -0.291. The largest absolute Gasteiger partial charge is 0.426 e. The lowest BCUT2D eigenvalue weighted by Gasteiger charge is -2.23. The van der Waals surface area contributed by atoms with Crippen LogP contribution in [0.3, 0.4) is 0 Å². The third kappa shape index (κ3) is 3.96. The molecule has 0 aromatic heterocycles. The molecule has 0 saturated carbocycles. The highest BCUT2D eigenvalue weighted by atomic mass is 16.5. The van der Waals surface area contributed by atoms with Crippen LogP contribution in [0.25, 0.3) is 0 Å². The number of benzene rings is 2. The molecule has 28 heavy (non-hydrogen) atoms. The van der Waals surface area contributed by atoms with Crippen LogP contribution in [0.2, 0.25) is 0 Å². The summed E-state index contributed by atoms with van der Waals surface area (Å²) in [5.41, 5.74) is 4.29. The second-order valence-electron chi connectivity index (χ2n) is 8.33. The second kappa shape index (κ2) is 7.78. The lowest BCUT2D eigenvalue weighted by Crippen LogP contribution is -2.28. The molecule has 0 unspecified atom stereocenters. The van der Waals surface area contributed by atoms with Crippen LogP contribution in [0.1, 0.15) is 50.3 Å². The third-order valence-electron chi connectivity index (χ3n) is 5.91. The maximum Gasteiger partial charge on any atom is 0.316 e. The van der Waals surface area contributed by atoms with Gasteiger partial charge in [-0.1, -0.05) is 51.1 Å². The van der Waals surface area contributed by atoms with Gasteiger partial charge in [-0.3, -0.25) is 9.59 Å². The van der Waals surface area contributed by atoms with E-state index in [9.17, 15) is 9.59 Å². The van der Waals surface area contributed by atoms with Gasteiger partial charge in [-0.2, -0.15) is 0 Å². The summed E-state index contributed by atoms with van der Waals surface area (Å²) in [5, 5.41) is 0. The normalized spacial score (nSPS) is 17.1. The van der Waals surface area contributed by atoms with E-state index in [4.69, 9.17) is 4.74 Å². The quantitative estimate of drug-likeness (QED) is 0.545. The molecule has 0 spiro atoms. The number of nitrogens with zero attached hydrogens (tertiary/aromatic N) is 1. The number of para-hydroxylation sites is 1. The van der Waals surface area contributed by atoms with Gasteiger partial charge in [0, 0.05) is 18.7 Å². The lowest BCUT2D eigenvalue weighted by atomic mass is 9.82. The number of anilines is 1. The Hall–Kier alpha value is -2.62. The zero-order valence-corrected chi connectivity index (χ0v) is 17.4. The van der Waals surface area contributed by atoms with Crippen LogP contribution in [0, 0.1) is 19.8 Å². The number of hydrogen-bond donors (Lipinski definition) is 0. The summed E-state index contributed by atoms with van der Waals surface area (Å²) in [6, 6.07) is 13.6. The fourth-order valence-corrected chi connectivity index (χ4v) is 3.69. The average molecular weight is 380 g/mol. The predicted molar refractivity (Wildman–Crippen MR) is 112 cm³/mol. The predicted octanol–water partition coefficient (Wildman–Crippen LogP) is 4.95. The standard InChI is InChI=1S/C24H29NO3/c1-6-24(4,5)19-10-12-20(13-11-19)28-23(27)18-14-21(26)25(15-18)22-16(2)8-7-9-17(22)3/h7-13,18H,6,14-15H2,1-5H3/t18-/m1/s1. The highest BCUT2D eigenvalue weighted by Crippen LogP contribution is 2.32.